The molecule has 1 aliphatic rings. The predicted molar refractivity (Wildman–Crippen MR) is 45.6 cm³/mol. The Morgan fingerprint density at radius 2 is 1.33 bits per heavy atom. The first-order chi connectivity index (χ1) is 4.86. The molecule has 0 amide bonds. The number of halogens is 1. The van der Waals surface area contributed by atoms with Crippen LogP contribution in [0.3, 0.4) is 0 Å². The van der Waals surface area contributed by atoms with E-state index in [1.54, 1.807) is 0 Å². The highest BCUT2D eigenvalue weighted by Crippen LogP contribution is 2.33. The van der Waals surface area contributed by atoms with Crippen molar-refractivity contribution in [2.24, 2.45) is 0 Å². The number of nitroso groups, excluding NO2 is 1. The van der Waals surface area contributed by atoms with Crippen molar-refractivity contribution in [3.05, 3.63) is 4.91 Å². The monoisotopic (exact) mass is 191 g/mol. The lowest BCUT2D eigenvalue weighted by molar-refractivity contribution is -0.692. The molecule has 72 valence electrons. The van der Waals surface area contributed by atoms with Crippen molar-refractivity contribution >= 4 is 0 Å². The number of piperidine rings is 1. The third-order valence-electron chi connectivity index (χ3n) is 2.68. The molecule has 0 spiro atoms. The highest BCUT2D eigenvalue weighted by molar-refractivity contribution is 4.80. The average molecular weight is 192 g/mol. The van der Waals surface area contributed by atoms with Crippen molar-refractivity contribution in [1.29, 1.82) is 0 Å². The summed E-state index contributed by atoms with van der Waals surface area (Å²) in [5.41, 5.74) is -0.302. The summed E-state index contributed by atoms with van der Waals surface area (Å²) in [6, 6.07) is 0. The Morgan fingerprint density at radius 1 is 1.00 bits per heavy atom. The van der Waals surface area contributed by atoms with E-state index in [1.165, 1.54) is 11.2 Å². The van der Waals surface area contributed by atoms with Gasteiger partial charge in [-0.15, -0.1) is 0 Å². The maximum absolute atomic E-state index is 11.7. The zero-order chi connectivity index (χ0) is 8.70. The van der Waals surface area contributed by atoms with Gasteiger partial charge >= 0.3 is 0 Å². The smallest absolute Gasteiger partial charge is 0.205 e. The molecular formula is C9H18ClNO. The normalized spacial score (nSPS) is 26.2. The average Bonchev–Trinajstić information content (AvgIpc) is 1.82. The van der Waals surface area contributed by atoms with Crippen LogP contribution in [0.15, 0.2) is 0 Å². The summed E-state index contributed by atoms with van der Waals surface area (Å²) in [7, 11) is 0. The summed E-state index contributed by atoms with van der Waals surface area (Å²) in [5, 5.41) is 0. The van der Waals surface area contributed by atoms with E-state index in [1.807, 2.05) is 27.7 Å². The lowest BCUT2D eigenvalue weighted by Gasteiger charge is -2.31. The van der Waals surface area contributed by atoms with Crippen molar-refractivity contribution in [3.63, 3.8) is 0 Å². The molecular weight excluding hydrogens is 174 g/mol. The van der Waals surface area contributed by atoms with Crippen LogP contribution in [0.2, 0.25) is 0 Å². The van der Waals surface area contributed by atoms with Gasteiger partial charge in [-0.25, -0.2) is 0 Å². The van der Waals surface area contributed by atoms with Crippen LogP contribution in [0.4, 0.5) is 0 Å². The van der Waals surface area contributed by atoms with Crippen molar-refractivity contribution in [2.45, 2.75) is 58.0 Å². The summed E-state index contributed by atoms with van der Waals surface area (Å²) < 4.78 is 1.27. The van der Waals surface area contributed by atoms with Crippen LogP contribution in [0.5, 0.6) is 0 Å². The van der Waals surface area contributed by atoms with Gasteiger partial charge in [0.15, 0.2) is 0 Å². The number of rotatable bonds is 0. The first-order valence-corrected chi connectivity index (χ1v) is 4.34. The maximum atomic E-state index is 11.7. The fourth-order valence-corrected chi connectivity index (χ4v) is 1.98. The minimum Gasteiger partial charge on any atom is -1.00 e. The molecule has 0 atom stereocenters. The summed E-state index contributed by atoms with van der Waals surface area (Å²) in [6.07, 6.45) is 3.23. The third kappa shape index (κ3) is 1.98. The first-order valence-electron chi connectivity index (χ1n) is 4.34. The molecule has 3 heteroatoms. The molecule has 0 saturated carbocycles. The van der Waals surface area contributed by atoms with Gasteiger partial charge in [-0.05, 0) is 6.42 Å². The molecule has 1 saturated heterocycles. The van der Waals surface area contributed by atoms with Crippen LogP contribution in [0.1, 0.15) is 47.0 Å². The van der Waals surface area contributed by atoms with E-state index in [2.05, 4.69) is 0 Å². The zero-order valence-corrected chi connectivity index (χ0v) is 9.11. The third-order valence-corrected chi connectivity index (χ3v) is 2.68. The molecule has 0 radical (unpaired) electrons. The highest BCUT2D eigenvalue weighted by Gasteiger charge is 2.49. The van der Waals surface area contributed by atoms with E-state index in [0.717, 1.165) is 12.8 Å². The Morgan fingerprint density at radius 3 is 1.58 bits per heavy atom. The molecule has 0 unspecified atom stereocenters. The molecule has 1 aliphatic heterocycles. The van der Waals surface area contributed by atoms with Gasteiger partial charge in [0.25, 0.3) is 0 Å². The molecule has 0 bridgehead atoms. The summed E-state index contributed by atoms with van der Waals surface area (Å²) in [6.45, 7) is 8.11. The van der Waals surface area contributed by atoms with E-state index >= 15 is 0 Å². The Bertz CT molecular complexity index is 169. The molecule has 1 rings (SSSR count). The topological polar surface area (TPSA) is 20.1 Å². The molecule has 1 heterocycles. The zero-order valence-electron chi connectivity index (χ0n) is 8.35. The molecule has 0 aromatic carbocycles. The number of hydrogen-bond acceptors (Lipinski definition) is 1. The van der Waals surface area contributed by atoms with Crippen LogP contribution in [0, 0.1) is 4.91 Å². The Hall–Kier alpha value is -0.110. The van der Waals surface area contributed by atoms with Crippen LogP contribution in [-0.2, 0) is 0 Å². The quantitative estimate of drug-likeness (QED) is 0.474. The Balaban J connectivity index is 0.00000121. The SMILES string of the molecule is CC1(C)CCCC(C)(C)[N+]1=O.[Cl-]. The Labute approximate surface area is 80.7 Å². The second kappa shape index (κ2) is 3.33. The van der Waals surface area contributed by atoms with Crippen LogP contribution in [-0.4, -0.2) is 15.8 Å². The summed E-state index contributed by atoms with van der Waals surface area (Å²) in [4.78, 5) is 11.7. The van der Waals surface area contributed by atoms with E-state index in [-0.39, 0.29) is 23.5 Å². The van der Waals surface area contributed by atoms with E-state index in [4.69, 9.17) is 0 Å². The number of hydrogen-bond donors (Lipinski definition) is 0. The molecule has 0 aromatic heterocycles. The maximum Gasteiger partial charge on any atom is 0.205 e. The lowest BCUT2D eigenvalue weighted by atomic mass is 9.83. The van der Waals surface area contributed by atoms with Crippen molar-refractivity contribution in [2.75, 3.05) is 0 Å². The minimum atomic E-state index is -0.151. The fourth-order valence-electron chi connectivity index (χ4n) is 1.98. The van der Waals surface area contributed by atoms with Crippen LogP contribution >= 0.6 is 0 Å². The largest absolute Gasteiger partial charge is 1.00 e. The Kier molecular flexibility index (Phi) is 3.30. The number of nitrogens with zero attached hydrogens (tertiary/aromatic N) is 1. The standard InChI is InChI=1S/C9H18NO.ClH/c1-8(2)6-5-7-9(3,4)10(8)11;/h5-7H2,1-4H3;1H/q+1;/p-1. The fraction of sp³-hybridized carbons (Fsp3) is 1.00. The van der Waals surface area contributed by atoms with Gasteiger partial charge in [-0.2, -0.15) is 0 Å². The van der Waals surface area contributed by atoms with Crippen molar-refractivity contribution in [3.8, 4) is 0 Å². The van der Waals surface area contributed by atoms with Gasteiger partial charge in [0.1, 0.15) is 0 Å². The van der Waals surface area contributed by atoms with Crippen LogP contribution < -0.4 is 12.4 Å². The molecule has 0 aliphatic carbocycles. The predicted octanol–water partition coefficient (Wildman–Crippen LogP) is -0.490. The second-order valence-electron chi connectivity index (χ2n) is 4.77. The summed E-state index contributed by atoms with van der Waals surface area (Å²) in [5.74, 6) is 0. The minimum absolute atomic E-state index is 0. The van der Waals surface area contributed by atoms with Crippen molar-refractivity contribution in [1.82, 2.24) is 0 Å². The van der Waals surface area contributed by atoms with Gasteiger partial charge in [0.2, 0.25) is 11.1 Å². The van der Waals surface area contributed by atoms with Gasteiger partial charge < -0.3 is 12.4 Å². The van der Waals surface area contributed by atoms with Crippen molar-refractivity contribution < 1.29 is 17.2 Å². The lowest BCUT2D eigenvalue weighted by Crippen LogP contribution is -3.00. The van der Waals surface area contributed by atoms with Gasteiger partial charge in [0, 0.05) is 50.2 Å². The second-order valence-corrected chi connectivity index (χ2v) is 4.77. The first kappa shape index (κ1) is 11.9. The van der Waals surface area contributed by atoms with E-state index in [9.17, 15) is 4.91 Å². The molecule has 2 nitrogen and oxygen atoms in total. The molecule has 0 aromatic rings. The molecule has 12 heavy (non-hydrogen) atoms. The molecule has 0 N–H and O–H groups in total. The van der Waals surface area contributed by atoms with E-state index in [0.29, 0.717) is 0 Å². The highest BCUT2D eigenvalue weighted by atomic mass is 35.5. The summed E-state index contributed by atoms with van der Waals surface area (Å²) >= 11 is 0. The van der Waals surface area contributed by atoms with E-state index < -0.39 is 0 Å². The molecule has 1 fully saturated rings. The van der Waals surface area contributed by atoms with Gasteiger partial charge in [-0.3, -0.25) is 0 Å². The van der Waals surface area contributed by atoms with Crippen LogP contribution in [0.25, 0.3) is 0 Å². The van der Waals surface area contributed by atoms with Gasteiger partial charge in [0.05, 0.1) is 0 Å². The van der Waals surface area contributed by atoms with Gasteiger partial charge in [-0.1, -0.05) is 0 Å².